The van der Waals surface area contributed by atoms with Gasteiger partial charge in [-0.15, -0.1) is 0 Å². The highest BCUT2D eigenvalue weighted by atomic mass is 19.1. The molecule has 2 N–H and O–H groups in total. The summed E-state index contributed by atoms with van der Waals surface area (Å²) in [5.74, 6) is 0.675. The molecule has 1 fully saturated rings. The standard InChI is InChI=1S/C34H42FN5O3/c1-24-29-9-4-10-30(35)33(29)40(18-6-20-43-2)32(24)27-8-5-17-39(23-27)31(42)11-3-7-25-12-14-26(15-13-25)28-21-37-34(38-22-28)36-16-19-41/h4,9-10,12-15,21-22,27,41H,3,5-8,11,16-20,23H2,1-2H3,(H,36,37,38). The number of likely N-dealkylation sites (tertiary alicyclic amines) is 1. The zero-order valence-electron chi connectivity index (χ0n) is 25.2. The largest absolute Gasteiger partial charge is 0.395 e. The Morgan fingerprint density at radius 2 is 1.91 bits per heavy atom. The highest BCUT2D eigenvalue weighted by Crippen LogP contribution is 2.37. The lowest BCUT2D eigenvalue weighted by atomic mass is 9.91. The maximum Gasteiger partial charge on any atom is 0.222 e. The Labute approximate surface area is 252 Å². The first-order valence-electron chi connectivity index (χ1n) is 15.3. The number of amides is 1. The lowest BCUT2D eigenvalue weighted by Crippen LogP contribution is -2.39. The van der Waals surface area contributed by atoms with E-state index in [1.165, 1.54) is 11.6 Å². The maximum atomic E-state index is 15.0. The van der Waals surface area contributed by atoms with Crippen LogP contribution in [-0.4, -0.2) is 70.4 Å². The van der Waals surface area contributed by atoms with Crippen LogP contribution in [0.1, 0.15) is 54.8 Å². The number of fused-ring (bicyclic) bond motifs is 1. The number of aryl methyl sites for hydroxylation is 3. The number of benzene rings is 2. The number of methoxy groups -OCH3 is 1. The number of carbonyl (C=O) groups excluding carboxylic acids is 1. The van der Waals surface area contributed by atoms with E-state index in [0.29, 0.717) is 44.1 Å². The van der Waals surface area contributed by atoms with Crippen LogP contribution in [0, 0.1) is 12.7 Å². The lowest BCUT2D eigenvalue weighted by molar-refractivity contribution is -0.132. The summed E-state index contributed by atoms with van der Waals surface area (Å²) in [6, 6.07) is 13.6. The number of aromatic nitrogens is 3. The Morgan fingerprint density at radius 3 is 2.65 bits per heavy atom. The summed E-state index contributed by atoms with van der Waals surface area (Å²) in [5.41, 5.74) is 6.09. The van der Waals surface area contributed by atoms with E-state index in [4.69, 9.17) is 9.84 Å². The van der Waals surface area contributed by atoms with Gasteiger partial charge in [0.15, 0.2) is 0 Å². The van der Waals surface area contributed by atoms with E-state index >= 15 is 4.39 Å². The van der Waals surface area contributed by atoms with Gasteiger partial charge >= 0.3 is 0 Å². The fourth-order valence-electron chi connectivity index (χ4n) is 6.31. The molecule has 0 aliphatic carbocycles. The van der Waals surface area contributed by atoms with E-state index in [-0.39, 0.29) is 24.2 Å². The third kappa shape index (κ3) is 7.22. The number of hydrogen-bond acceptors (Lipinski definition) is 6. The van der Waals surface area contributed by atoms with Gasteiger partial charge in [-0.25, -0.2) is 14.4 Å². The van der Waals surface area contributed by atoms with Crippen LogP contribution in [0.4, 0.5) is 10.3 Å². The van der Waals surface area contributed by atoms with Crippen LogP contribution in [0.3, 0.4) is 0 Å². The van der Waals surface area contributed by atoms with Crippen LogP contribution < -0.4 is 5.32 Å². The fourth-order valence-corrected chi connectivity index (χ4v) is 6.31. The molecule has 0 saturated carbocycles. The SMILES string of the molecule is COCCCn1c(C2CCCN(C(=O)CCCc3ccc(-c4cnc(NCCO)nc4)cc3)C2)c(C)c2cccc(F)c21. The van der Waals surface area contributed by atoms with Gasteiger partial charge < -0.3 is 24.6 Å². The molecule has 1 amide bonds. The van der Waals surface area contributed by atoms with Gasteiger partial charge in [0.1, 0.15) is 5.82 Å². The topological polar surface area (TPSA) is 92.5 Å². The van der Waals surface area contributed by atoms with Gasteiger partial charge in [0.05, 0.1) is 12.1 Å². The van der Waals surface area contributed by atoms with Crippen LogP contribution in [-0.2, 0) is 22.5 Å². The van der Waals surface area contributed by atoms with E-state index in [2.05, 4.69) is 51.0 Å². The number of halogens is 1. The van der Waals surface area contributed by atoms with Crippen molar-refractivity contribution in [2.24, 2.45) is 0 Å². The summed E-state index contributed by atoms with van der Waals surface area (Å²) in [6.45, 7) is 5.30. The molecule has 0 radical (unpaired) electrons. The van der Waals surface area contributed by atoms with Crippen molar-refractivity contribution in [3.8, 4) is 11.1 Å². The predicted molar refractivity (Wildman–Crippen MR) is 168 cm³/mol. The Hall–Kier alpha value is -3.82. The first-order valence-corrected chi connectivity index (χ1v) is 15.3. The number of para-hydroxylation sites is 1. The molecule has 228 valence electrons. The van der Waals surface area contributed by atoms with Crippen molar-refractivity contribution in [1.82, 2.24) is 19.4 Å². The van der Waals surface area contributed by atoms with E-state index < -0.39 is 0 Å². The molecule has 8 nitrogen and oxygen atoms in total. The van der Waals surface area contributed by atoms with Crippen LogP contribution in [0.15, 0.2) is 54.9 Å². The quantitative estimate of drug-likeness (QED) is 0.195. The molecule has 1 atom stereocenters. The normalized spacial score (nSPS) is 15.3. The molecule has 9 heteroatoms. The Morgan fingerprint density at radius 1 is 1.12 bits per heavy atom. The third-order valence-electron chi connectivity index (χ3n) is 8.42. The Kier molecular flexibility index (Phi) is 10.4. The van der Waals surface area contributed by atoms with E-state index in [1.54, 1.807) is 25.6 Å². The predicted octanol–water partition coefficient (Wildman–Crippen LogP) is 5.72. The van der Waals surface area contributed by atoms with Gasteiger partial charge in [-0.05, 0) is 61.8 Å². The first kappa shape index (κ1) is 30.6. The molecule has 0 bridgehead atoms. The summed E-state index contributed by atoms with van der Waals surface area (Å²) in [6.07, 6.45) is 8.40. The number of hydrogen-bond donors (Lipinski definition) is 2. The molecule has 4 aromatic rings. The average molecular weight is 588 g/mol. The molecule has 1 aliphatic heterocycles. The van der Waals surface area contributed by atoms with Crippen molar-refractivity contribution >= 4 is 22.8 Å². The fraction of sp³-hybridized carbons (Fsp3) is 0.441. The van der Waals surface area contributed by atoms with Gasteiger partial charge in [-0.1, -0.05) is 36.4 Å². The molecule has 0 spiro atoms. The highest BCUT2D eigenvalue weighted by Gasteiger charge is 2.29. The van der Waals surface area contributed by atoms with Crippen LogP contribution in [0.25, 0.3) is 22.0 Å². The molecule has 3 heterocycles. The molecule has 5 rings (SSSR count). The number of rotatable bonds is 13. The number of piperidine rings is 1. The first-order chi connectivity index (χ1) is 21.0. The van der Waals surface area contributed by atoms with Gasteiger partial charge in [0.25, 0.3) is 0 Å². The number of nitrogens with zero attached hydrogens (tertiary/aromatic N) is 4. The van der Waals surface area contributed by atoms with E-state index in [9.17, 15) is 4.79 Å². The monoisotopic (exact) mass is 587 g/mol. The second-order valence-electron chi connectivity index (χ2n) is 11.3. The number of nitrogens with one attached hydrogen (secondary N) is 1. The minimum absolute atomic E-state index is 0.0285. The average Bonchev–Trinajstić information content (AvgIpc) is 3.33. The second kappa shape index (κ2) is 14.6. The zero-order valence-corrected chi connectivity index (χ0v) is 25.2. The summed E-state index contributed by atoms with van der Waals surface area (Å²) in [5, 5.41) is 12.8. The Balaban J connectivity index is 1.19. The summed E-state index contributed by atoms with van der Waals surface area (Å²) in [4.78, 5) is 23.9. The molecular weight excluding hydrogens is 545 g/mol. The number of aliphatic hydroxyl groups is 1. The minimum Gasteiger partial charge on any atom is -0.395 e. The number of carbonyl (C=O) groups is 1. The van der Waals surface area contributed by atoms with E-state index in [0.717, 1.165) is 66.4 Å². The zero-order chi connectivity index (χ0) is 30.2. The van der Waals surface area contributed by atoms with Crippen molar-refractivity contribution in [2.75, 3.05) is 45.3 Å². The second-order valence-corrected chi connectivity index (χ2v) is 11.3. The number of anilines is 1. The minimum atomic E-state index is -0.196. The van der Waals surface area contributed by atoms with Crippen molar-refractivity contribution in [1.29, 1.82) is 0 Å². The van der Waals surface area contributed by atoms with Crippen LogP contribution >= 0.6 is 0 Å². The molecule has 1 saturated heterocycles. The number of aliphatic hydroxyl groups excluding tert-OH is 1. The highest BCUT2D eigenvalue weighted by molar-refractivity contribution is 5.86. The lowest BCUT2D eigenvalue weighted by Gasteiger charge is -2.34. The van der Waals surface area contributed by atoms with Gasteiger partial charge in [-0.2, -0.15) is 0 Å². The molecule has 1 unspecified atom stereocenters. The van der Waals surface area contributed by atoms with Gasteiger partial charge in [0.2, 0.25) is 11.9 Å². The molecule has 2 aromatic carbocycles. The summed E-state index contributed by atoms with van der Waals surface area (Å²) < 4.78 is 22.5. The summed E-state index contributed by atoms with van der Waals surface area (Å²) in [7, 11) is 1.69. The van der Waals surface area contributed by atoms with Crippen LogP contribution in [0.2, 0.25) is 0 Å². The maximum absolute atomic E-state index is 15.0. The van der Waals surface area contributed by atoms with Crippen molar-refractivity contribution in [3.63, 3.8) is 0 Å². The Bertz CT molecular complexity index is 1500. The van der Waals surface area contributed by atoms with Crippen molar-refractivity contribution in [3.05, 3.63) is 77.5 Å². The summed E-state index contributed by atoms with van der Waals surface area (Å²) >= 11 is 0. The van der Waals surface area contributed by atoms with Crippen LogP contribution in [0.5, 0.6) is 0 Å². The van der Waals surface area contributed by atoms with Gasteiger partial charge in [0, 0.05) is 81.3 Å². The molecule has 43 heavy (non-hydrogen) atoms. The molecule has 1 aliphatic rings. The third-order valence-corrected chi connectivity index (χ3v) is 8.42. The number of ether oxygens (including phenoxy) is 1. The van der Waals surface area contributed by atoms with Crippen molar-refractivity contribution < 1.29 is 19.0 Å². The molecule has 2 aromatic heterocycles. The smallest absolute Gasteiger partial charge is 0.222 e. The van der Waals surface area contributed by atoms with E-state index in [1.807, 2.05) is 11.0 Å². The van der Waals surface area contributed by atoms with Crippen molar-refractivity contribution in [2.45, 2.75) is 57.9 Å². The van der Waals surface area contributed by atoms with Gasteiger partial charge in [-0.3, -0.25) is 4.79 Å². The molecular formula is C34H42FN5O3.